The highest BCUT2D eigenvalue weighted by molar-refractivity contribution is 9.09. The zero-order valence-corrected chi connectivity index (χ0v) is 13.2. The molecule has 0 aliphatic rings. The van der Waals surface area contributed by atoms with Gasteiger partial charge < -0.3 is 0 Å². The lowest BCUT2D eigenvalue weighted by Crippen LogP contribution is -1.89. The Morgan fingerprint density at radius 2 is 1.79 bits per heavy atom. The molecule has 0 nitrogen and oxygen atoms in total. The van der Waals surface area contributed by atoms with Crippen molar-refractivity contribution in [2.24, 2.45) is 0 Å². The van der Waals surface area contributed by atoms with Crippen LogP contribution in [0.5, 0.6) is 0 Å². The van der Waals surface area contributed by atoms with Crippen molar-refractivity contribution in [2.45, 2.75) is 18.2 Å². The molecule has 3 aromatic rings. The minimum Gasteiger partial charge on any atom is -0.144 e. The van der Waals surface area contributed by atoms with Crippen molar-refractivity contribution < 1.29 is 0 Å². The van der Waals surface area contributed by atoms with Crippen LogP contribution in [0.4, 0.5) is 0 Å². The highest BCUT2D eigenvalue weighted by atomic mass is 79.9. The number of aryl methyl sites for hydroxylation is 1. The zero-order chi connectivity index (χ0) is 13.2. The summed E-state index contributed by atoms with van der Waals surface area (Å²) in [5.41, 5.74) is 1.32. The first-order valence-corrected chi connectivity index (χ1v) is 8.22. The molecule has 0 aliphatic carbocycles. The number of alkyl halides is 1. The summed E-state index contributed by atoms with van der Waals surface area (Å²) in [4.78, 5) is 3.12. The normalized spacial score (nSPS) is 12.7. The molecule has 0 N–H and O–H groups in total. The Hall–Kier alpha value is -1.12. The standard InChI is InChI=1S/C17H15BrS/c1-2-15-9-10-16(19-15)17(18)14-8-7-12-5-3-4-6-13(12)11-14/h3-11,17H,2H2,1H3. The molecule has 1 atom stereocenters. The van der Waals surface area contributed by atoms with E-state index in [2.05, 4.69) is 77.5 Å². The van der Waals surface area contributed by atoms with Gasteiger partial charge in [-0.1, -0.05) is 59.3 Å². The summed E-state index contributed by atoms with van der Waals surface area (Å²) in [5, 5.41) is 2.60. The van der Waals surface area contributed by atoms with E-state index in [0.29, 0.717) is 4.83 Å². The number of rotatable bonds is 3. The van der Waals surface area contributed by atoms with Gasteiger partial charge in [0, 0.05) is 9.75 Å². The third kappa shape index (κ3) is 2.60. The van der Waals surface area contributed by atoms with Crippen LogP contribution in [0.1, 0.15) is 27.1 Å². The van der Waals surface area contributed by atoms with Crippen molar-refractivity contribution in [3.8, 4) is 0 Å². The molecule has 2 heteroatoms. The van der Waals surface area contributed by atoms with E-state index in [4.69, 9.17) is 0 Å². The van der Waals surface area contributed by atoms with Crippen LogP contribution in [0, 0.1) is 0 Å². The minimum atomic E-state index is 0.294. The topological polar surface area (TPSA) is 0 Å². The summed E-state index contributed by atoms with van der Waals surface area (Å²) in [6.07, 6.45) is 1.11. The van der Waals surface area contributed by atoms with Crippen LogP contribution in [0.15, 0.2) is 54.6 Å². The van der Waals surface area contributed by atoms with Crippen LogP contribution >= 0.6 is 27.3 Å². The largest absolute Gasteiger partial charge is 0.144 e. The van der Waals surface area contributed by atoms with Gasteiger partial charge in [-0.25, -0.2) is 0 Å². The summed E-state index contributed by atoms with van der Waals surface area (Å²) in [7, 11) is 0. The van der Waals surface area contributed by atoms with Crippen LogP contribution in [0.3, 0.4) is 0 Å². The van der Waals surface area contributed by atoms with Gasteiger partial charge in [0.2, 0.25) is 0 Å². The van der Waals surface area contributed by atoms with Gasteiger partial charge in [0.1, 0.15) is 0 Å². The molecule has 0 saturated carbocycles. The fraction of sp³-hybridized carbons (Fsp3) is 0.176. The lowest BCUT2D eigenvalue weighted by molar-refractivity contribution is 1.19. The van der Waals surface area contributed by atoms with E-state index >= 15 is 0 Å². The minimum absolute atomic E-state index is 0.294. The highest BCUT2D eigenvalue weighted by Gasteiger charge is 2.12. The Morgan fingerprint density at radius 1 is 1.00 bits per heavy atom. The second-order valence-corrected chi connectivity index (χ2v) is 6.74. The number of benzene rings is 2. The molecule has 0 fully saturated rings. The number of thiophene rings is 1. The average Bonchev–Trinajstić information content (AvgIpc) is 2.95. The SMILES string of the molecule is CCc1ccc(C(Br)c2ccc3ccccc3c2)s1. The quantitative estimate of drug-likeness (QED) is 0.520. The monoisotopic (exact) mass is 330 g/mol. The Balaban J connectivity index is 1.98. The molecule has 2 aromatic carbocycles. The summed E-state index contributed by atoms with van der Waals surface area (Å²) in [6, 6.07) is 19.7. The van der Waals surface area contributed by atoms with Gasteiger partial charge in [-0.2, -0.15) is 0 Å². The van der Waals surface area contributed by atoms with Gasteiger partial charge in [-0.3, -0.25) is 0 Å². The fourth-order valence-electron chi connectivity index (χ4n) is 2.25. The number of hydrogen-bond acceptors (Lipinski definition) is 1. The molecular weight excluding hydrogens is 316 g/mol. The Kier molecular flexibility index (Phi) is 3.72. The van der Waals surface area contributed by atoms with Crippen molar-refractivity contribution in [3.63, 3.8) is 0 Å². The van der Waals surface area contributed by atoms with E-state index in [1.54, 1.807) is 0 Å². The first-order valence-electron chi connectivity index (χ1n) is 6.49. The molecule has 0 radical (unpaired) electrons. The van der Waals surface area contributed by atoms with E-state index in [-0.39, 0.29) is 0 Å². The van der Waals surface area contributed by atoms with Crippen molar-refractivity contribution in [3.05, 3.63) is 69.9 Å². The van der Waals surface area contributed by atoms with Crippen molar-refractivity contribution in [1.82, 2.24) is 0 Å². The molecule has 19 heavy (non-hydrogen) atoms. The molecule has 0 aliphatic heterocycles. The zero-order valence-electron chi connectivity index (χ0n) is 10.8. The molecule has 96 valence electrons. The molecule has 1 aromatic heterocycles. The second-order valence-electron chi connectivity index (χ2n) is 4.63. The smallest absolute Gasteiger partial charge is 0.0738 e. The van der Waals surface area contributed by atoms with Crippen LogP contribution in [-0.4, -0.2) is 0 Å². The summed E-state index contributed by atoms with van der Waals surface area (Å²) < 4.78 is 0. The predicted octanol–water partition coefficient (Wildman–Crippen LogP) is 5.95. The summed E-state index contributed by atoms with van der Waals surface area (Å²) in [5.74, 6) is 0. The second kappa shape index (κ2) is 5.48. The van der Waals surface area contributed by atoms with Gasteiger partial charge >= 0.3 is 0 Å². The van der Waals surface area contributed by atoms with Gasteiger partial charge in [-0.15, -0.1) is 11.3 Å². The van der Waals surface area contributed by atoms with Crippen molar-refractivity contribution in [1.29, 1.82) is 0 Å². The first-order chi connectivity index (χ1) is 9.28. The van der Waals surface area contributed by atoms with Gasteiger partial charge in [-0.05, 0) is 41.0 Å². The first kappa shape index (κ1) is 12.9. The number of fused-ring (bicyclic) bond motifs is 1. The van der Waals surface area contributed by atoms with E-state index in [1.807, 2.05) is 11.3 Å². The van der Waals surface area contributed by atoms with E-state index in [1.165, 1.54) is 26.1 Å². The fourth-order valence-corrected chi connectivity index (χ4v) is 3.93. The van der Waals surface area contributed by atoms with Crippen LogP contribution in [0.25, 0.3) is 10.8 Å². The molecule has 0 bridgehead atoms. The summed E-state index contributed by atoms with van der Waals surface area (Å²) >= 11 is 5.73. The van der Waals surface area contributed by atoms with Gasteiger partial charge in [0.25, 0.3) is 0 Å². The molecule has 1 heterocycles. The Bertz CT molecular complexity index is 699. The number of halogens is 1. The maximum atomic E-state index is 3.83. The Labute approximate surface area is 126 Å². The third-order valence-electron chi connectivity index (χ3n) is 3.35. The molecule has 3 rings (SSSR count). The van der Waals surface area contributed by atoms with Crippen LogP contribution in [-0.2, 0) is 6.42 Å². The molecule has 0 spiro atoms. The highest BCUT2D eigenvalue weighted by Crippen LogP contribution is 2.36. The van der Waals surface area contributed by atoms with Crippen LogP contribution in [0.2, 0.25) is 0 Å². The lowest BCUT2D eigenvalue weighted by Gasteiger charge is -2.09. The number of hydrogen-bond donors (Lipinski definition) is 0. The van der Waals surface area contributed by atoms with E-state index in [9.17, 15) is 0 Å². The maximum absolute atomic E-state index is 3.83. The average molecular weight is 331 g/mol. The van der Waals surface area contributed by atoms with Gasteiger partial charge in [0.05, 0.1) is 4.83 Å². The van der Waals surface area contributed by atoms with Gasteiger partial charge in [0.15, 0.2) is 0 Å². The third-order valence-corrected chi connectivity index (χ3v) is 5.97. The lowest BCUT2D eigenvalue weighted by atomic mass is 10.0. The maximum Gasteiger partial charge on any atom is 0.0738 e. The van der Waals surface area contributed by atoms with Crippen LogP contribution < -0.4 is 0 Å². The molecule has 1 unspecified atom stereocenters. The molecular formula is C17H15BrS. The van der Waals surface area contributed by atoms with Crippen molar-refractivity contribution in [2.75, 3.05) is 0 Å². The van der Waals surface area contributed by atoms with E-state index < -0.39 is 0 Å². The van der Waals surface area contributed by atoms with E-state index in [0.717, 1.165) is 6.42 Å². The summed E-state index contributed by atoms with van der Waals surface area (Å²) in [6.45, 7) is 2.20. The predicted molar refractivity (Wildman–Crippen MR) is 88.4 cm³/mol. The Morgan fingerprint density at radius 3 is 2.53 bits per heavy atom. The molecule has 0 saturated heterocycles. The van der Waals surface area contributed by atoms with Crippen molar-refractivity contribution >= 4 is 38.0 Å². The molecule has 0 amide bonds.